The molecular weight excluding hydrogens is 254 g/mol. The van der Waals surface area contributed by atoms with Crippen LogP contribution in [0.1, 0.15) is 57.9 Å². The van der Waals surface area contributed by atoms with Crippen molar-refractivity contribution in [3.8, 4) is 0 Å². The van der Waals surface area contributed by atoms with Crippen molar-refractivity contribution in [1.82, 2.24) is 25.5 Å². The van der Waals surface area contributed by atoms with Crippen LogP contribution in [-0.2, 0) is 4.74 Å². The zero-order valence-corrected chi connectivity index (χ0v) is 13.0. The molecule has 2 rings (SSSR count). The van der Waals surface area contributed by atoms with E-state index in [0.717, 1.165) is 24.2 Å². The van der Waals surface area contributed by atoms with Gasteiger partial charge in [-0.15, -0.1) is 5.10 Å². The first-order valence-electron chi connectivity index (χ1n) is 7.61. The molecular formula is C14H27N5O. The lowest BCUT2D eigenvalue weighted by Gasteiger charge is -2.32. The van der Waals surface area contributed by atoms with Crippen LogP contribution in [0, 0.1) is 11.8 Å². The Balaban J connectivity index is 2.03. The third kappa shape index (κ3) is 3.76. The summed E-state index contributed by atoms with van der Waals surface area (Å²) >= 11 is 0. The summed E-state index contributed by atoms with van der Waals surface area (Å²) in [6, 6.07) is 0.582. The van der Waals surface area contributed by atoms with E-state index in [1.165, 1.54) is 19.3 Å². The molecule has 6 nitrogen and oxygen atoms in total. The molecule has 1 heterocycles. The summed E-state index contributed by atoms with van der Waals surface area (Å²) in [6.45, 7) is 8.26. The van der Waals surface area contributed by atoms with Crippen molar-refractivity contribution in [2.45, 2.75) is 52.1 Å². The van der Waals surface area contributed by atoms with Gasteiger partial charge in [-0.3, -0.25) is 0 Å². The van der Waals surface area contributed by atoms with Crippen molar-refractivity contribution in [1.29, 1.82) is 0 Å². The van der Waals surface area contributed by atoms with Gasteiger partial charge in [0.25, 0.3) is 0 Å². The zero-order chi connectivity index (χ0) is 14.5. The van der Waals surface area contributed by atoms with Gasteiger partial charge in [0.2, 0.25) is 0 Å². The summed E-state index contributed by atoms with van der Waals surface area (Å²) in [5.74, 6) is 2.43. The lowest BCUT2D eigenvalue weighted by molar-refractivity contribution is 0.190. The minimum Gasteiger partial charge on any atom is -0.383 e. The third-order valence-electron chi connectivity index (χ3n) is 4.16. The van der Waals surface area contributed by atoms with Gasteiger partial charge in [-0.25, -0.2) is 4.68 Å². The highest BCUT2D eigenvalue weighted by Gasteiger charge is 2.28. The van der Waals surface area contributed by atoms with Crippen molar-refractivity contribution in [2.75, 3.05) is 20.3 Å². The molecule has 1 fully saturated rings. The molecule has 6 heteroatoms. The fourth-order valence-corrected chi connectivity index (χ4v) is 3.32. The Hall–Kier alpha value is -1.01. The van der Waals surface area contributed by atoms with Crippen molar-refractivity contribution < 1.29 is 4.74 Å². The highest BCUT2D eigenvalue weighted by molar-refractivity contribution is 4.93. The van der Waals surface area contributed by atoms with Crippen molar-refractivity contribution in [3.63, 3.8) is 0 Å². The Bertz CT molecular complexity index is 398. The predicted octanol–water partition coefficient (Wildman–Crippen LogP) is 1.97. The molecule has 0 saturated heterocycles. The molecule has 3 unspecified atom stereocenters. The van der Waals surface area contributed by atoms with E-state index in [1.54, 1.807) is 7.11 Å². The van der Waals surface area contributed by atoms with E-state index in [4.69, 9.17) is 4.74 Å². The molecule has 1 saturated carbocycles. The number of aromatic nitrogens is 4. The molecule has 1 aromatic heterocycles. The smallest absolute Gasteiger partial charge is 0.168 e. The molecule has 0 bridgehead atoms. The largest absolute Gasteiger partial charge is 0.383 e. The molecule has 1 aromatic rings. The fourth-order valence-electron chi connectivity index (χ4n) is 3.32. The van der Waals surface area contributed by atoms with Gasteiger partial charge in [-0.1, -0.05) is 13.8 Å². The monoisotopic (exact) mass is 281 g/mol. The molecule has 0 radical (unpaired) electrons. The number of hydrogen-bond donors (Lipinski definition) is 1. The Kier molecular flexibility index (Phi) is 5.48. The summed E-state index contributed by atoms with van der Waals surface area (Å²) in [4.78, 5) is 0. The van der Waals surface area contributed by atoms with Gasteiger partial charge in [0.1, 0.15) is 0 Å². The molecule has 3 atom stereocenters. The fraction of sp³-hybridized carbons (Fsp3) is 0.929. The van der Waals surface area contributed by atoms with Crippen LogP contribution in [0.3, 0.4) is 0 Å². The average Bonchev–Trinajstić information content (AvgIpc) is 2.87. The number of methoxy groups -OCH3 is 1. The minimum atomic E-state index is 0.146. The van der Waals surface area contributed by atoms with Gasteiger partial charge >= 0.3 is 0 Å². The first kappa shape index (κ1) is 15.4. The van der Waals surface area contributed by atoms with Gasteiger partial charge in [-0.2, -0.15) is 0 Å². The number of tetrazole rings is 1. The number of nitrogens with zero attached hydrogens (tertiary/aromatic N) is 4. The van der Waals surface area contributed by atoms with E-state index in [1.807, 2.05) is 4.68 Å². The predicted molar refractivity (Wildman–Crippen MR) is 77.3 cm³/mol. The topological polar surface area (TPSA) is 64.9 Å². The first-order valence-corrected chi connectivity index (χ1v) is 7.61. The van der Waals surface area contributed by atoms with E-state index < -0.39 is 0 Å². The average molecular weight is 281 g/mol. The van der Waals surface area contributed by atoms with Gasteiger partial charge in [-0.05, 0) is 48.4 Å². The molecule has 114 valence electrons. The SMILES string of the molecule is COCCNC(C)c1nnnn1C1CC(C)CC(C)C1. The van der Waals surface area contributed by atoms with Crippen LogP contribution in [0.5, 0.6) is 0 Å². The molecule has 1 aliphatic rings. The summed E-state index contributed by atoms with van der Waals surface area (Å²) < 4.78 is 7.10. The van der Waals surface area contributed by atoms with Gasteiger partial charge in [0.05, 0.1) is 18.7 Å². The minimum absolute atomic E-state index is 0.146. The maximum absolute atomic E-state index is 5.06. The van der Waals surface area contributed by atoms with Crippen LogP contribution in [-0.4, -0.2) is 40.5 Å². The van der Waals surface area contributed by atoms with Crippen LogP contribution in [0.2, 0.25) is 0 Å². The number of nitrogens with one attached hydrogen (secondary N) is 1. The van der Waals surface area contributed by atoms with Crippen LogP contribution in [0.4, 0.5) is 0 Å². The van der Waals surface area contributed by atoms with Gasteiger partial charge < -0.3 is 10.1 Å². The summed E-state index contributed by atoms with van der Waals surface area (Å²) in [5, 5.41) is 15.7. The molecule has 1 N–H and O–H groups in total. The molecule has 1 aliphatic carbocycles. The highest BCUT2D eigenvalue weighted by atomic mass is 16.5. The Morgan fingerprint density at radius 1 is 1.30 bits per heavy atom. The molecule has 0 aliphatic heterocycles. The third-order valence-corrected chi connectivity index (χ3v) is 4.16. The normalized spacial score (nSPS) is 28.5. The number of hydrogen-bond acceptors (Lipinski definition) is 5. The summed E-state index contributed by atoms with van der Waals surface area (Å²) in [5.41, 5.74) is 0. The number of rotatable bonds is 6. The quantitative estimate of drug-likeness (QED) is 0.808. The Labute approximate surface area is 121 Å². The summed E-state index contributed by atoms with van der Waals surface area (Å²) in [7, 11) is 1.71. The van der Waals surface area contributed by atoms with E-state index in [-0.39, 0.29) is 6.04 Å². The Morgan fingerprint density at radius 2 is 2.00 bits per heavy atom. The second-order valence-electron chi connectivity index (χ2n) is 6.22. The van der Waals surface area contributed by atoms with Crippen molar-refractivity contribution in [3.05, 3.63) is 5.82 Å². The maximum Gasteiger partial charge on any atom is 0.168 e. The molecule has 0 amide bonds. The van der Waals surface area contributed by atoms with Gasteiger partial charge in [0, 0.05) is 13.7 Å². The van der Waals surface area contributed by atoms with E-state index >= 15 is 0 Å². The standard InChI is InChI=1S/C14H27N5O/c1-10-7-11(2)9-13(8-10)19-14(16-17-18-19)12(3)15-5-6-20-4/h10-13,15H,5-9H2,1-4H3. The molecule has 0 spiro atoms. The van der Waals surface area contributed by atoms with Gasteiger partial charge in [0.15, 0.2) is 5.82 Å². The number of ether oxygens (including phenoxy) is 1. The van der Waals surface area contributed by atoms with Crippen LogP contribution >= 0.6 is 0 Å². The summed E-state index contributed by atoms with van der Waals surface area (Å²) in [6.07, 6.45) is 3.66. The molecule has 0 aromatic carbocycles. The lowest BCUT2D eigenvalue weighted by Crippen LogP contribution is -2.29. The van der Waals surface area contributed by atoms with Crippen LogP contribution in [0.25, 0.3) is 0 Å². The highest BCUT2D eigenvalue weighted by Crippen LogP contribution is 2.36. The maximum atomic E-state index is 5.06. The second-order valence-corrected chi connectivity index (χ2v) is 6.22. The molecule has 20 heavy (non-hydrogen) atoms. The van der Waals surface area contributed by atoms with E-state index in [2.05, 4.69) is 41.6 Å². The zero-order valence-electron chi connectivity index (χ0n) is 13.0. The van der Waals surface area contributed by atoms with Crippen molar-refractivity contribution in [2.24, 2.45) is 11.8 Å². The lowest BCUT2D eigenvalue weighted by atomic mass is 9.80. The van der Waals surface area contributed by atoms with E-state index in [0.29, 0.717) is 12.6 Å². The first-order chi connectivity index (χ1) is 9.61. The van der Waals surface area contributed by atoms with E-state index in [9.17, 15) is 0 Å². The Morgan fingerprint density at radius 3 is 2.65 bits per heavy atom. The van der Waals surface area contributed by atoms with Crippen LogP contribution in [0.15, 0.2) is 0 Å². The second kappa shape index (κ2) is 7.13. The van der Waals surface area contributed by atoms with Crippen molar-refractivity contribution >= 4 is 0 Å². The van der Waals surface area contributed by atoms with Crippen LogP contribution < -0.4 is 5.32 Å².